The lowest BCUT2D eigenvalue weighted by molar-refractivity contribution is 0.102. The number of nitrogens with one attached hydrogen (secondary N) is 1. The first-order chi connectivity index (χ1) is 17.7. The van der Waals surface area contributed by atoms with Crippen LogP contribution in [0.4, 0.5) is 5.69 Å². The zero-order valence-corrected chi connectivity index (χ0v) is 20.2. The molecule has 0 atom stereocenters. The third kappa shape index (κ3) is 4.26. The monoisotopic (exact) mass is 473 g/mol. The van der Waals surface area contributed by atoms with Crippen LogP contribution in [0.1, 0.15) is 41.0 Å². The van der Waals surface area contributed by atoms with Crippen molar-refractivity contribution < 1.29 is 4.79 Å². The molecule has 3 heterocycles. The Morgan fingerprint density at radius 3 is 2.47 bits per heavy atom. The van der Waals surface area contributed by atoms with Crippen LogP contribution in [0.25, 0.3) is 33.5 Å². The number of hydrogen-bond acceptors (Lipinski definition) is 4. The largest absolute Gasteiger partial charge is 0.322 e. The molecule has 0 spiro atoms. The summed E-state index contributed by atoms with van der Waals surface area (Å²) in [7, 11) is 0. The Balaban J connectivity index is 1.29. The van der Waals surface area contributed by atoms with Crippen molar-refractivity contribution in [2.24, 2.45) is 0 Å². The quantitative estimate of drug-likeness (QED) is 0.326. The fourth-order valence-corrected chi connectivity index (χ4v) is 4.84. The molecule has 5 aromatic rings. The summed E-state index contributed by atoms with van der Waals surface area (Å²) >= 11 is 0. The van der Waals surface area contributed by atoms with Crippen LogP contribution < -0.4 is 5.32 Å². The number of para-hydroxylation sites is 1. The minimum Gasteiger partial charge on any atom is -0.322 e. The molecule has 3 aromatic carbocycles. The second-order valence-electron chi connectivity index (χ2n) is 9.37. The van der Waals surface area contributed by atoms with Gasteiger partial charge >= 0.3 is 0 Å². The molecule has 6 rings (SSSR count). The topological polar surface area (TPSA) is 72.7 Å². The van der Waals surface area contributed by atoms with Crippen LogP contribution in [0.5, 0.6) is 0 Å². The van der Waals surface area contributed by atoms with Crippen LogP contribution in [0.15, 0.2) is 78.9 Å². The minimum atomic E-state index is -0.161. The van der Waals surface area contributed by atoms with E-state index >= 15 is 0 Å². The number of nitrogens with zero attached hydrogens (tertiary/aromatic N) is 4. The first-order valence-electron chi connectivity index (χ1n) is 12.5. The molecule has 0 radical (unpaired) electrons. The smallest absolute Gasteiger partial charge is 0.256 e. The van der Waals surface area contributed by atoms with Crippen LogP contribution in [0.3, 0.4) is 0 Å². The summed E-state index contributed by atoms with van der Waals surface area (Å²) in [6, 6.07) is 25.7. The Hall–Kier alpha value is -4.32. The molecule has 36 heavy (non-hydrogen) atoms. The van der Waals surface area contributed by atoms with Gasteiger partial charge in [0.2, 0.25) is 0 Å². The van der Waals surface area contributed by atoms with Crippen LogP contribution in [-0.4, -0.2) is 25.7 Å². The summed E-state index contributed by atoms with van der Waals surface area (Å²) in [5.74, 6) is 1.80. The molecular weight excluding hydrogens is 446 g/mol. The van der Waals surface area contributed by atoms with E-state index in [2.05, 4.69) is 39.1 Å². The molecule has 6 heteroatoms. The van der Waals surface area contributed by atoms with Gasteiger partial charge in [-0.2, -0.15) is 0 Å². The minimum absolute atomic E-state index is 0.161. The van der Waals surface area contributed by atoms with Crippen LogP contribution >= 0.6 is 0 Å². The number of aryl methyl sites for hydroxylation is 2. The van der Waals surface area contributed by atoms with E-state index in [9.17, 15) is 4.79 Å². The summed E-state index contributed by atoms with van der Waals surface area (Å²) in [5, 5.41) is 12.8. The van der Waals surface area contributed by atoms with E-state index in [1.165, 1.54) is 18.4 Å². The maximum absolute atomic E-state index is 13.4. The van der Waals surface area contributed by atoms with Gasteiger partial charge in [0.1, 0.15) is 5.82 Å². The summed E-state index contributed by atoms with van der Waals surface area (Å²) in [5.41, 5.74) is 6.08. The number of amides is 1. The molecule has 0 bridgehead atoms. The number of hydrogen-bond donors (Lipinski definition) is 1. The summed E-state index contributed by atoms with van der Waals surface area (Å²) < 4.78 is 2.23. The molecule has 1 N–H and O–H groups in total. The Labute approximate surface area is 210 Å². The van der Waals surface area contributed by atoms with Crippen molar-refractivity contribution >= 4 is 22.5 Å². The summed E-state index contributed by atoms with van der Waals surface area (Å²) in [4.78, 5) is 18.3. The van der Waals surface area contributed by atoms with E-state index in [1.54, 1.807) is 0 Å². The molecular formula is C30H27N5O. The highest BCUT2D eigenvalue weighted by atomic mass is 16.1. The standard InChI is InChI=1S/C30H27N5O/c1-20-10-12-21(13-11-20)27-19-25(24-7-4-5-8-26(24)32-27)30(36)31-23-16-14-22(15-17-23)29-34-33-28-9-3-2-6-18-35(28)29/h4-5,7-8,10-17,19H,2-3,6,9,18H2,1H3,(H,31,36). The van der Waals surface area contributed by atoms with Crippen LogP contribution in [0.2, 0.25) is 0 Å². The molecule has 0 saturated carbocycles. The van der Waals surface area contributed by atoms with E-state index in [0.29, 0.717) is 5.56 Å². The predicted octanol–water partition coefficient (Wildman–Crippen LogP) is 6.45. The lowest BCUT2D eigenvalue weighted by Gasteiger charge is -2.12. The Morgan fingerprint density at radius 1 is 0.861 bits per heavy atom. The molecule has 1 aliphatic rings. The average Bonchev–Trinajstić information content (AvgIpc) is 3.16. The van der Waals surface area contributed by atoms with Gasteiger partial charge < -0.3 is 9.88 Å². The molecule has 0 aliphatic carbocycles. The van der Waals surface area contributed by atoms with E-state index < -0.39 is 0 Å². The van der Waals surface area contributed by atoms with Gasteiger partial charge in [-0.3, -0.25) is 4.79 Å². The van der Waals surface area contributed by atoms with Crippen molar-refractivity contribution in [3.8, 4) is 22.6 Å². The highest BCUT2D eigenvalue weighted by Gasteiger charge is 2.17. The molecule has 1 amide bonds. The van der Waals surface area contributed by atoms with Gasteiger partial charge in [0.05, 0.1) is 16.8 Å². The number of carbonyl (C=O) groups is 1. The fraction of sp³-hybridized carbons (Fsp3) is 0.200. The maximum Gasteiger partial charge on any atom is 0.256 e. The highest BCUT2D eigenvalue weighted by molar-refractivity contribution is 6.13. The molecule has 6 nitrogen and oxygen atoms in total. The predicted molar refractivity (Wildman–Crippen MR) is 143 cm³/mol. The van der Waals surface area contributed by atoms with E-state index in [0.717, 1.165) is 64.4 Å². The zero-order chi connectivity index (χ0) is 24.5. The van der Waals surface area contributed by atoms with Gasteiger partial charge in [-0.15, -0.1) is 10.2 Å². The number of carbonyl (C=O) groups excluding carboxylic acids is 1. The highest BCUT2D eigenvalue weighted by Crippen LogP contribution is 2.27. The lowest BCUT2D eigenvalue weighted by Crippen LogP contribution is -2.13. The fourth-order valence-electron chi connectivity index (χ4n) is 4.84. The van der Waals surface area contributed by atoms with Crippen LogP contribution in [-0.2, 0) is 13.0 Å². The number of rotatable bonds is 4. The Morgan fingerprint density at radius 2 is 1.64 bits per heavy atom. The van der Waals surface area contributed by atoms with E-state index in [1.807, 2.05) is 66.7 Å². The zero-order valence-electron chi connectivity index (χ0n) is 20.2. The van der Waals surface area contributed by atoms with Gasteiger partial charge in [-0.05, 0) is 56.2 Å². The molecule has 0 fully saturated rings. The normalized spacial score (nSPS) is 13.2. The van der Waals surface area contributed by atoms with Crippen molar-refractivity contribution in [2.45, 2.75) is 39.2 Å². The maximum atomic E-state index is 13.4. The lowest BCUT2D eigenvalue weighted by atomic mass is 10.0. The van der Waals surface area contributed by atoms with E-state index in [-0.39, 0.29) is 5.91 Å². The summed E-state index contributed by atoms with van der Waals surface area (Å²) in [6.07, 6.45) is 4.52. The molecule has 1 aliphatic heterocycles. The first-order valence-corrected chi connectivity index (χ1v) is 12.5. The van der Waals surface area contributed by atoms with Gasteiger partial charge in [0.25, 0.3) is 5.91 Å². The average molecular weight is 474 g/mol. The third-order valence-corrected chi connectivity index (χ3v) is 6.82. The van der Waals surface area contributed by atoms with Crippen molar-refractivity contribution in [1.29, 1.82) is 0 Å². The van der Waals surface area contributed by atoms with Gasteiger partial charge in [0, 0.05) is 35.2 Å². The van der Waals surface area contributed by atoms with E-state index in [4.69, 9.17) is 4.98 Å². The number of fused-ring (bicyclic) bond motifs is 2. The summed E-state index contributed by atoms with van der Waals surface area (Å²) in [6.45, 7) is 3.01. The number of pyridine rings is 1. The molecule has 2 aromatic heterocycles. The third-order valence-electron chi connectivity index (χ3n) is 6.82. The second kappa shape index (κ2) is 9.38. The van der Waals surface area contributed by atoms with Gasteiger partial charge in [0.15, 0.2) is 5.82 Å². The Kier molecular flexibility index (Phi) is 5.77. The number of anilines is 1. The second-order valence-corrected chi connectivity index (χ2v) is 9.37. The van der Waals surface area contributed by atoms with Crippen molar-refractivity contribution in [3.05, 3.63) is 95.8 Å². The van der Waals surface area contributed by atoms with Crippen LogP contribution in [0, 0.1) is 6.92 Å². The SMILES string of the molecule is Cc1ccc(-c2cc(C(=O)Nc3ccc(-c4nnc5n4CCCCC5)cc3)c3ccccc3n2)cc1. The number of aromatic nitrogens is 4. The van der Waals surface area contributed by atoms with Crippen molar-refractivity contribution in [2.75, 3.05) is 5.32 Å². The Bertz CT molecular complexity index is 1550. The first kappa shape index (κ1) is 22.2. The molecule has 0 saturated heterocycles. The number of benzene rings is 3. The molecule has 178 valence electrons. The van der Waals surface area contributed by atoms with Crippen molar-refractivity contribution in [3.63, 3.8) is 0 Å². The van der Waals surface area contributed by atoms with Crippen molar-refractivity contribution in [1.82, 2.24) is 19.7 Å². The van der Waals surface area contributed by atoms with Gasteiger partial charge in [-0.1, -0.05) is 54.4 Å². The van der Waals surface area contributed by atoms with Gasteiger partial charge in [-0.25, -0.2) is 4.98 Å². The molecule has 0 unspecified atom stereocenters.